The Morgan fingerprint density at radius 1 is 1.14 bits per heavy atom. The Balaban J connectivity index is 3.99. The lowest BCUT2D eigenvalue weighted by molar-refractivity contribution is -0.413. The maximum Gasteiger partial charge on any atom is 0.161 e. The number of nitrogens with one attached hydrogen (secondary N) is 2. The average molecular weight is 191 g/mol. The zero-order valence-corrected chi connectivity index (χ0v) is 9.12. The molecular formula is C12H19N2+. The molecule has 0 unspecified atom stereocenters. The van der Waals surface area contributed by atoms with Gasteiger partial charge in [0, 0.05) is 13.1 Å². The molecule has 0 aliphatic rings. The SMILES string of the molecule is CNC=CC=CC(C)=CC=CC=[NH+]C. The molecule has 0 saturated heterocycles. The summed E-state index contributed by atoms with van der Waals surface area (Å²) in [5, 5.41) is 2.92. The van der Waals surface area contributed by atoms with Crippen molar-refractivity contribution in [2.24, 2.45) is 0 Å². The molecule has 0 rings (SSSR count). The summed E-state index contributed by atoms with van der Waals surface area (Å²) in [6.45, 7) is 2.06. The first-order chi connectivity index (χ1) is 6.81. The highest BCUT2D eigenvalue weighted by atomic mass is 14.8. The number of hydrogen-bond acceptors (Lipinski definition) is 1. The van der Waals surface area contributed by atoms with E-state index in [1.165, 1.54) is 5.57 Å². The fourth-order valence-corrected chi connectivity index (χ4v) is 0.774. The Morgan fingerprint density at radius 3 is 2.57 bits per heavy atom. The van der Waals surface area contributed by atoms with Gasteiger partial charge in [0.15, 0.2) is 6.21 Å². The van der Waals surface area contributed by atoms with E-state index >= 15 is 0 Å². The highest BCUT2D eigenvalue weighted by Gasteiger charge is 1.75. The molecule has 0 aromatic rings. The minimum Gasteiger partial charge on any atom is -0.394 e. The number of allylic oxidation sites excluding steroid dienone is 7. The molecule has 0 aliphatic heterocycles. The van der Waals surface area contributed by atoms with Crippen molar-refractivity contribution in [1.82, 2.24) is 5.32 Å². The van der Waals surface area contributed by atoms with Crippen molar-refractivity contribution in [3.63, 3.8) is 0 Å². The van der Waals surface area contributed by atoms with Crippen LogP contribution < -0.4 is 10.3 Å². The molecule has 0 spiro atoms. The molecule has 0 atom stereocenters. The summed E-state index contributed by atoms with van der Waals surface area (Å²) in [6.07, 6.45) is 15.8. The summed E-state index contributed by atoms with van der Waals surface area (Å²) in [5.41, 5.74) is 1.21. The third kappa shape index (κ3) is 8.53. The Bertz CT molecular complexity index is 268. The second kappa shape index (κ2) is 9.52. The van der Waals surface area contributed by atoms with E-state index in [4.69, 9.17) is 0 Å². The topological polar surface area (TPSA) is 26.0 Å². The van der Waals surface area contributed by atoms with Crippen LogP contribution in [0.2, 0.25) is 0 Å². The van der Waals surface area contributed by atoms with Crippen LogP contribution in [0.1, 0.15) is 6.92 Å². The Morgan fingerprint density at radius 2 is 1.93 bits per heavy atom. The normalized spacial score (nSPS) is 14.1. The molecule has 0 amide bonds. The fraction of sp³-hybridized carbons (Fsp3) is 0.250. The van der Waals surface area contributed by atoms with E-state index in [0.717, 1.165) is 0 Å². The number of hydrogen-bond donors (Lipinski definition) is 2. The van der Waals surface area contributed by atoms with E-state index in [1.807, 2.05) is 50.8 Å². The lowest BCUT2D eigenvalue weighted by Crippen LogP contribution is -2.62. The van der Waals surface area contributed by atoms with Crippen LogP contribution in [0.5, 0.6) is 0 Å². The van der Waals surface area contributed by atoms with Gasteiger partial charge in [-0.1, -0.05) is 29.9 Å². The first-order valence-corrected chi connectivity index (χ1v) is 4.65. The molecule has 0 heterocycles. The largest absolute Gasteiger partial charge is 0.394 e. The first kappa shape index (κ1) is 12.4. The van der Waals surface area contributed by atoms with Gasteiger partial charge in [-0.3, -0.25) is 4.99 Å². The molecule has 0 radical (unpaired) electrons. The van der Waals surface area contributed by atoms with Gasteiger partial charge in [-0.25, -0.2) is 0 Å². The Hall–Kier alpha value is -1.57. The van der Waals surface area contributed by atoms with Crippen molar-refractivity contribution in [3.8, 4) is 0 Å². The second-order valence-electron chi connectivity index (χ2n) is 2.76. The van der Waals surface area contributed by atoms with Gasteiger partial charge in [0.05, 0.1) is 0 Å². The van der Waals surface area contributed by atoms with E-state index in [-0.39, 0.29) is 0 Å². The molecule has 0 fully saturated rings. The zero-order chi connectivity index (χ0) is 10.6. The molecule has 2 nitrogen and oxygen atoms in total. The van der Waals surface area contributed by atoms with Crippen LogP contribution >= 0.6 is 0 Å². The van der Waals surface area contributed by atoms with Gasteiger partial charge in [-0.05, 0) is 19.2 Å². The van der Waals surface area contributed by atoms with Crippen LogP contribution in [0.25, 0.3) is 0 Å². The van der Waals surface area contributed by atoms with Crippen LogP contribution in [-0.2, 0) is 0 Å². The monoisotopic (exact) mass is 191 g/mol. The predicted octanol–water partition coefficient (Wildman–Crippen LogP) is 0.559. The smallest absolute Gasteiger partial charge is 0.161 e. The summed E-state index contributed by atoms with van der Waals surface area (Å²) in [5.74, 6) is 0. The molecule has 0 bridgehead atoms. The molecule has 2 heteroatoms. The van der Waals surface area contributed by atoms with Crippen molar-refractivity contribution in [1.29, 1.82) is 0 Å². The molecule has 2 N–H and O–H groups in total. The molecule has 76 valence electrons. The fourth-order valence-electron chi connectivity index (χ4n) is 0.774. The van der Waals surface area contributed by atoms with Crippen molar-refractivity contribution in [2.45, 2.75) is 6.92 Å². The van der Waals surface area contributed by atoms with Gasteiger partial charge < -0.3 is 5.32 Å². The maximum absolute atomic E-state index is 2.92. The Labute approximate surface area is 86.4 Å². The van der Waals surface area contributed by atoms with Crippen LogP contribution in [0.3, 0.4) is 0 Å². The van der Waals surface area contributed by atoms with E-state index in [9.17, 15) is 0 Å². The quantitative estimate of drug-likeness (QED) is 0.482. The Kier molecular flexibility index (Phi) is 8.45. The van der Waals surface area contributed by atoms with Gasteiger partial charge in [-0.15, -0.1) is 0 Å². The van der Waals surface area contributed by atoms with Crippen molar-refractivity contribution < 1.29 is 4.99 Å². The van der Waals surface area contributed by atoms with Crippen LogP contribution in [0.15, 0.2) is 48.2 Å². The second-order valence-corrected chi connectivity index (χ2v) is 2.76. The van der Waals surface area contributed by atoms with Gasteiger partial charge in [-0.2, -0.15) is 0 Å². The van der Waals surface area contributed by atoms with Crippen molar-refractivity contribution >= 4 is 6.21 Å². The molecule has 0 saturated carbocycles. The minimum absolute atomic E-state index is 1.21. The van der Waals surface area contributed by atoms with E-state index in [2.05, 4.69) is 29.4 Å². The summed E-state index contributed by atoms with van der Waals surface area (Å²) in [4.78, 5) is 2.92. The standard InChI is InChI=1S/C12H18N2/c1-12(8-4-6-10-13-2)9-5-7-11-14-3/h4-11,13H,1-3H3/p+1. The molecule has 14 heavy (non-hydrogen) atoms. The van der Waals surface area contributed by atoms with Crippen LogP contribution in [0, 0.1) is 0 Å². The zero-order valence-electron chi connectivity index (χ0n) is 9.12. The van der Waals surface area contributed by atoms with Gasteiger partial charge in [0.25, 0.3) is 0 Å². The third-order valence-corrected chi connectivity index (χ3v) is 1.47. The minimum atomic E-state index is 1.21. The van der Waals surface area contributed by atoms with Crippen LogP contribution in [0.4, 0.5) is 0 Å². The van der Waals surface area contributed by atoms with Gasteiger partial charge in [0.1, 0.15) is 7.05 Å². The average Bonchev–Trinajstić information content (AvgIpc) is 2.19. The third-order valence-electron chi connectivity index (χ3n) is 1.47. The van der Waals surface area contributed by atoms with E-state index in [0.29, 0.717) is 0 Å². The van der Waals surface area contributed by atoms with E-state index in [1.54, 1.807) is 0 Å². The summed E-state index contributed by atoms with van der Waals surface area (Å²) >= 11 is 0. The predicted molar refractivity (Wildman–Crippen MR) is 63.2 cm³/mol. The van der Waals surface area contributed by atoms with Crippen LogP contribution in [-0.4, -0.2) is 20.3 Å². The number of rotatable bonds is 5. The molecule has 0 aromatic heterocycles. The maximum atomic E-state index is 2.92. The van der Waals surface area contributed by atoms with Gasteiger partial charge in [0.2, 0.25) is 0 Å². The highest BCUT2D eigenvalue weighted by molar-refractivity contribution is 5.65. The lowest BCUT2D eigenvalue weighted by atomic mass is 10.2. The van der Waals surface area contributed by atoms with Crippen molar-refractivity contribution in [2.75, 3.05) is 14.1 Å². The highest BCUT2D eigenvalue weighted by Crippen LogP contribution is 1.94. The molecule has 0 aromatic carbocycles. The lowest BCUT2D eigenvalue weighted by Gasteiger charge is -1.86. The molecule has 0 aliphatic carbocycles. The van der Waals surface area contributed by atoms with Crippen molar-refractivity contribution in [3.05, 3.63) is 48.2 Å². The first-order valence-electron chi connectivity index (χ1n) is 4.65. The van der Waals surface area contributed by atoms with E-state index < -0.39 is 0 Å². The molecular weight excluding hydrogens is 172 g/mol. The van der Waals surface area contributed by atoms with Gasteiger partial charge >= 0.3 is 0 Å². The summed E-state index contributed by atoms with van der Waals surface area (Å²) < 4.78 is 0. The summed E-state index contributed by atoms with van der Waals surface area (Å²) in [7, 11) is 3.76. The summed E-state index contributed by atoms with van der Waals surface area (Å²) in [6, 6.07) is 0.